The first kappa shape index (κ1) is 15.2. The standard InChI is InChI=1S/C19H21N3O/c1-4-22-12-17(15-7-5-6-8-18(15)22)21-19(23)20-16-11-13(2)9-10-14(16)3/h5-12H,4H2,1-3H3,(H2,20,21,23). The molecule has 0 aliphatic heterocycles. The lowest BCUT2D eigenvalue weighted by Gasteiger charge is -2.10. The number of nitrogens with zero attached hydrogens (tertiary/aromatic N) is 1. The third kappa shape index (κ3) is 3.06. The highest BCUT2D eigenvalue weighted by atomic mass is 16.2. The maximum Gasteiger partial charge on any atom is 0.323 e. The molecule has 3 aromatic rings. The fourth-order valence-electron chi connectivity index (χ4n) is 2.75. The van der Waals surface area contributed by atoms with Crippen LogP contribution in [0.3, 0.4) is 0 Å². The van der Waals surface area contributed by atoms with Gasteiger partial charge in [-0.25, -0.2) is 4.79 Å². The number of urea groups is 1. The van der Waals surface area contributed by atoms with Gasteiger partial charge in [0.2, 0.25) is 0 Å². The number of hydrogen-bond acceptors (Lipinski definition) is 1. The number of nitrogens with one attached hydrogen (secondary N) is 2. The summed E-state index contributed by atoms with van der Waals surface area (Å²) < 4.78 is 2.13. The highest BCUT2D eigenvalue weighted by molar-refractivity contribution is 6.06. The first-order valence-corrected chi connectivity index (χ1v) is 7.81. The van der Waals surface area contributed by atoms with Gasteiger partial charge in [0, 0.05) is 23.8 Å². The van der Waals surface area contributed by atoms with E-state index < -0.39 is 0 Å². The number of carbonyl (C=O) groups is 1. The summed E-state index contributed by atoms with van der Waals surface area (Å²) in [6, 6.07) is 13.9. The van der Waals surface area contributed by atoms with Crippen molar-refractivity contribution in [3.05, 3.63) is 59.8 Å². The second-order valence-electron chi connectivity index (χ2n) is 5.74. The maximum absolute atomic E-state index is 12.4. The van der Waals surface area contributed by atoms with Crippen LogP contribution in [0.15, 0.2) is 48.7 Å². The molecule has 23 heavy (non-hydrogen) atoms. The molecular formula is C19H21N3O. The summed E-state index contributed by atoms with van der Waals surface area (Å²) in [4.78, 5) is 12.4. The molecule has 118 valence electrons. The molecular weight excluding hydrogens is 286 g/mol. The number of rotatable bonds is 3. The van der Waals surface area contributed by atoms with Gasteiger partial charge in [0.25, 0.3) is 0 Å². The molecule has 4 heteroatoms. The van der Waals surface area contributed by atoms with Crippen molar-refractivity contribution in [1.29, 1.82) is 0 Å². The summed E-state index contributed by atoms with van der Waals surface area (Å²) in [6.45, 7) is 6.95. The number of aryl methyl sites for hydroxylation is 3. The Kier molecular flexibility index (Phi) is 4.06. The van der Waals surface area contributed by atoms with E-state index in [1.807, 2.05) is 56.4 Å². The number of fused-ring (bicyclic) bond motifs is 1. The molecule has 0 aliphatic carbocycles. The van der Waals surface area contributed by atoms with Crippen molar-refractivity contribution in [2.24, 2.45) is 0 Å². The average molecular weight is 307 g/mol. The molecule has 0 saturated heterocycles. The number of carbonyl (C=O) groups excluding carboxylic acids is 1. The smallest absolute Gasteiger partial charge is 0.323 e. The average Bonchev–Trinajstić information content (AvgIpc) is 2.89. The molecule has 3 rings (SSSR count). The summed E-state index contributed by atoms with van der Waals surface area (Å²) in [7, 11) is 0. The first-order chi connectivity index (χ1) is 11.1. The normalized spacial score (nSPS) is 10.7. The minimum Gasteiger partial charge on any atom is -0.346 e. The Balaban J connectivity index is 1.84. The summed E-state index contributed by atoms with van der Waals surface area (Å²) in [5, 5.41) is 6.94. The molecule has 0 bridgehead atoms. The van der Waals surface area contributed by atoms with Gasteiger partial charge in [0.05, 0.1) is 11.2 Å². The number of anilines is 2. The molecule has 2 amide bonds. The van der Waals surface area contributed by atoms with E-state index in [2.05, 4.69) is 28.2 Å². The highest BCUT2D eigenvalue weighted by Crippen LogP contribution is 2.26. The van der Waals surface area contributed by atoms with Crippen LogP contribution in [0.4, 0.5) is 16.2 Å². The molecule has 1 aromatic heterocycles. The van der Waals surface area contributed by atoms with Crippen molar-refractivity contribution in [3.63, 3.8) is 0 Å². The van der Waals surface area contributed by atoms with E-state index in [0.29, 0.717) is 0 Å². The van der Waals surface area contributed by atoms with Crippen molar-refractivity contribution in [2.75, 3.05) is 10.6 Å². The highest BCUT2D eigenvalue weighted by Gasteiger charge is 2.11. The van der Waals surface area contributed by atoms with E-state index in [0.717, 1.165) is 39.9 Å². The zero-order chi connectivity index (χ0) is 16.4. The summed E-state index contributed by atoms with van der Waals surface area (Å²) >= 11 is 0. The molecule has 0 radical (unpaired) electrons. The van der Waals surface area contributed by atoms with Gasteiger partial charge in [0.15, 0.2) is 0 Å². The number of hydrogen-bond donors (Lipinski definition) is 2. The zero-order valence-corrected chi connectivity index (χ0v) is 13.7. The maximum atomic E-state index is 12.4. The van der Waals surface area contributed by atoms with Crippen molar-refractivity contribution < 1.29 is 4.79 Å². The lowest BCUT2D eigenvalue weighted by atomic mass is 10.1. The van der Waals surface area contributed by atoms with Crippen LogP contribution in [0.5, 0.6) is 0 Å². The van der Waals surface area contributed by atoms with Gasteiger partial charge in [-0.05, 0) is 44.0 Å². The Morgan fingerprint density at radius 2 is 1.78 bits per heavy atom. The van der Waals surface area contributed by atoms with Crippen LogP contribution in [-0.4, -0.2) is 10.6 Å². The first-order valence-electron chi connectivity index (χ1n) is 7.81. The van der Waals surface area contributed by atoms with Gasteiger partial charge in [0.1, 0.15) is 0 Å². The molecule has 0 fully saturated rings. The third-order valence-electron chi connectivity index (χ3n) is 4.02. The molecule has 2 aromatic carbocycles. The molecule has 4 nitrogen and oxygen atoms in total. The quantitative estimate of drug-likeness (QED) is 0.708. The van der Waals surface area contributed by atoms with Crippen LogP contribution in [0.1, 0.15) is 18.1 Å². The van der Waals surface area contributed by atoms with Gasteiger partial charge in [-0.1, -0.05) is 30.3 Å². The Hall–Kier alpha value is -2.75. The third-order valence-corrected chi connectivity index (χ3v) is 4.02. The molecule has 0 aliphatic rings. The van der Waals surface area contributed by atoms with Gasteiger partial charge in [-0.2, -0.15) is 0 Å². The predicted octanol–water partition coefficient (Wildman–Crippen LogP) is 4.92. The largest absolute Gasteiger partial charge is 0.346 e. The van der Waals surface area contributed by atoms with Crippen LogP contribution in [0.25, 0.3) is 10.9 Å². The van der Waals surface area contributed by atoms with Crippen LogP contribution in [-0.2, 0) is 6.54 Å². The van der Waals surface area contributed by atoms with Crippen LogP contribution < -0.4 is 10.6 Å². The van der Waals surface area contributed by atoms with Crippen LogP contribution in [0.2, 0.25) is 0 Å². The van der Waals surface area contributed by atoms with Gasteiger partial charge in [-0.15, -0.1) is 0 Å². The van der Waals surface area contributed by atoms with Crippen LogP contribution >= 0.6 is 0 Å². The summed E-state index contributed by atoms with van der Waals surface area (Å²) in [5.41, 5.74) is 4.94. The molecule has 2 N–H and O–H groups in total. The molecule has 0 unspecified atom stereocenters. The summed E-state index contributed by atoms with van der Waals surface area (Å²) in [6.07, 6.45) is 1.98. The molecule has 0 atom stereocenters. The van der Waals surface area contributed by atoms with Crippen molar-refractivity contribution in [2.45, 2.75) is 27.3 Å². The van der Waals surface area contributed by atoms with Crippen molar-refractivity contribution in [1.82, 2.24) is 4.57 Å². The van der Waals surface area contributed by atoms with Gasteiger partial charge in [-0.3, -0.25) is 0 Å². The predicted molar refractivity (Wildman–Crippen MR) is 96.2 cm³/mol. The SMILES string of the molecule is CCn1cc(NC(=O)Nc2cc(C)ccc2C)c2ccccc21. The molecule has 0 saturated carbocycles. The van der Waals surface area contributed by atoms with E-state index in [9.17, 15) is 4.79 Å². The molecule has 1 heterocycles. The number of benzene rings is 2. The second-order valence-corrected chi connectivity index (χ2v) is 5.74. The summed E-state index contributed by atoms with van der Waals surface area (Å²) in [5.74, 6) is 0. The Morgan fingerprint density at radius 3 is 2.57 bits per heavy atom. The van der Waals surface area contributed by atoms with Gasteiger partial charge >= 0.3 is 6.03 Å². The van der Waals surface area contributed by atoms with Crippen molar-refractivity contribution in [3.8, 4) is 0 Å². The van der Waals surface area contributed by atoms with Crippen molar-refractivity contribution >= 4 is 28.3 Å². The monoisotopic (exact) mass is 307 g/mol. The minimum absolute atomic E-state index is 0.224. The lowest BCUT2D eigenvalue weighted by Crippen LogP contribution is -2.19. The van der Waals surface area contributed by atoms with Gasteiger partial charge < -0.3 is 15.2 Å². The second kappa shape index (κ2) is 6.16. The number of para-hydroxylation sites is 1. The topological polar surface area (TPSA) is 46.1 Å². The van der Waals surface area contributed by atoms with E-state index in [1.54, 1.807) is 0 Å². The lowest BCUT2D eigenvalue weighted by molar-refractivity contribution is 0.262. The fourth-order valence-corrected chi connectivity index (χ4v) is 2.75. The molecule has 0 spiro atoms. The van der Waals surface area contributed by atoms with Crippen LogP contribution in [0, 0.1) is 13.8 Å². The van der Waals surface area contributed by atoms with E-state index >= 15 is 0 Å². The Bertz CT molecular complexity index is 864. The number of amides is 2. The number of aromatic nitrogens is 1. The van der Waals surface area contributed by atoms with E-state index in [4.69, 9.17) is 0 Å². The Morgan fingerprint density at radius 1 is 1.04 bits per heavy atom. The van der Waals surface area contributed by atoms with E-state index in [1.165, 1.54) is 0 Å². The minimum atomic E-state index is -0.224. The Labute approximate surface area is 136 Å². The zero-order valence-electron chi connectivity index (χ0n) is 13.7. The fraction of sp³-hybridized carbons (Fsp3) is 0.211. The van der Waals surface area contributed by atoms with E-state index in [-0.39, 0.29) is 6.03 Å².